The number of nitrogens with two attached hydrogens (primary N) is 1. The average molecular weight is 544 g/mol. The van der Waals surface area contributed by atoms with Gasteiger partial charge in [0.1, 0.15) is 5.82 Å². The van der Waals surface area contributed by atoms with Crippen LogP contribution in [0, 0.1) is 18.8 Å². The number of fused-ring (bicyclic) bond motifs is 2. The van der Waals surface area contributed by atoms with E-state index in [2.05, 4.69) is 32.3 Å². The van der Waals surface area contributed by atoms with Gasteiger partial charge in [0.25, 0.3) is 11.5 Å². The summed E-state index contributed by atoms with van der Waals surface area (Å²) >= 11 is 0. The highest BCUT2D eigenvalue weighted by molar-refractivity contribution is 5.98. The smallest absolute Gasteiger partial charge is 0.274 e. The van der Waals surface area contributed by atoms with Crippen molar-refractivity contribution in [2.24, 2.45) is 7.05 Å². The van der Waals surface area contributed by atoms with E-state index >= 15 is 0 Å². The van der Waals surface area contributed by atoms with Crippen molar-refractivity contribution in [2.45, 2.75) is 19.9 Å². The number of amides is 1. The van der Waals surface area contributed by atoms with Gasteiger partial charge in [0.15, 0.2) is 17.2 Å². The predicted molar refractivity (Wildman–Crippen MR) is 155 cm³/mol. The highest BCUT2D eigenvalue weighted by Crippen LogP contribution is 2.21. The van der Waals surface area contributed by atoms with Crippen LogP contribution in [0.5, 0.6) is 0 Å². The zero-order chi connectivity index (χ0) is 28.7. The summed E-state index contributed by atoms with van der Waals surface area (Å²) in [6.45, 7) is 3.69. The molecule has 0 bridgehead atoms. The Morgan fingerprint density at radius 2 is 1.76 bits per heavy atom. The molecule has 6 rings (SSSR count). The highest BCUT2D eigenvalue weighted by atomic mass is 16.2. The van der Waals surface area contributed by atoms with Crippen LogP contribution in [0.25, 0.3) is 22.2 Å². The molecule has 0 fully saturated rings. The van der Waals surface area contributed by atoms with Gasteiger partial charge in [-0.25, -0.2) is 14.5 Å². The van der Waals surface area contributed by atoms with Gasteiger partial charge in [0.2, 0.25) is 0 Å². The van der Waals surface area contributed by atoms with E-state index < -0.39 is 11.9 Å². The van der Waals surface area contributed by atoms with E-state index in [1.807, 2.05) is 44.3 Å². The van der Waals surface area contributed by atoms with Gasteiger partial charge in [-0.2, -0.15) is 10.2 Å². The van der Waals surface area contributed by atoms with Crippen LogP contribution >= 0.6 is 0 Å². The molecule has 0 spiro atoms. The van der Waals surface area contributed by atoms with Crippen molar-refractivity contribution < 1.29 is 4.79 Å². The van der Waals surface area contributed by atoms with Crippen molar-refractivity contribution in [1.29, 1.82) is 0 Å². The molecule has 4 aromatic heterocycles. The first-order valence-corrected chi connectivity index (χ1v) is 12.9. The second kappa shape index (κ2) is 10.1. The molecule has 0 unspecified atom stereocenters. The zero-order valence-corrected chi connectivity index (χ0v) is 22.5. The van der Waals surface area contributed by atoms with E-state index in [-0.39, 0.29) is 17.1 Å². The summed E-state index contributed by atoms with van der Waals surface area (Å²) in [6.07, 6.45) is 3.24. The van der Waals surface area contributed by atoms with Gasteiger partial charge in [-0.1, -0.05) is 36.1 Å². The highest BCUT2D eigenvalue weighted by Gasteiger charge is 2.24. The summed E-state index contributed by atoms with van der Waals surface area (Å²) in [7, 11) is 1.85. The number of benzene rings is 2. The maximum Gasteiger partial charge on any atom is 0.274 e. The SMILES string of the molecule is Cc1c(C#Cc2cccc3nc([C@H](C)NC(=O)c4c(N)nc5cccnn45)n(-c4ccccc4)c(=O)c23)cnn1C. The Bertz CT molecular complexity index is 2080. The number of nitrogen functional groups attached to an aromatic ring is 1. The summed E-state index contributed by atoms with van der Waals surface area (Å²) in [4.78, 5) is 36.7. The number of carbonyl (C=O) groups is 1. The Morgan fingerprint density at radius 1 is 0.976 bits per heavy atom. The molecule has 41 heavy (non-hydrogen) atoms. The molecule has 4 heterocycles. The number of imidazole rings is 1. The van der Waals surface area contributed by atoms with Gasteiger partial charge in [0.05, 0.1) is 40.1 Å². The minimum absolute atomic E-state index is 0.0485. The predicted octanol–water partition coefficient (Wildman–Crippen LogP) is 2.94. The molecular formula is C30H25N9O2. The molecule has 202 valence electrons. The van der Waals surface area contributed by atoms with Gasteiger partial charge in [0, 0.05) is 18.8 Å². The molecule has 0 aliphatic carbocycles. The zero-order valence-electron chi connectivity index (χ0n) is 22.5. The number of para-hydroxylation sites is 1. The third-order valence-electron chi connectivity index (χ3n) is 6.87. The molecule has 6 aromatic rings. The van der Waals surface area contributed by atoms with Crippen LogP contribution in [0.2, 0.25) is 0 Å². The van der Waals surface area contributed by atoms with Gasteiger partial charge < -0.3 is 11.1 Å². The third kappa shape index (κ3) is 4.47. The normalized spacial score (nSPS) is 11.8. The van der Waals surface area contributed by atoms with E-state index in [9.17, 15) is 9.59 Å². The van der Waals surface area contributed by atoms with Crippen LogP contribution in [-0.2, 0) is 7.05 Å². The first-order chi connectivity index (χ1) is 19.8. The van der Waals surface area contributed by atoms with E-state index in [0.717, 1.165) is 11.3 Å². The molecule has 1 atom stereocenters. The lowest BCUT2D eigenvalue weighted by Gasteiger charge is -2.20. The fourth-order valence-electron chi connectivity index (χ4n) is 4.67. The van der Waals surface area contributed by atoms with Crippen molar-refractivity contribution in [3.63, 3.8) is 0 Å². The fraction of sp³-hybridized carbons (Fsp3) is 0.133. The maximum absolute atomic E-state index is 14.2. The van der Waals surface area contributed by atoms with Crippen LogP contribution in [0.4, 0.5) is 5.82 Å². The van der Waals surface area contributed by atoms with Crippen molar-refractivity contribution in [2.75, 3.05) is 5.73 Å². The van der Waals surface area contributed by atoms with Crippen LogP contribution in [-0.4, -0.2) is 39.8 Å². The van der Waals surface area contributed by atoms with Crippen molar-refractivity contribution in [1.82, 2.24) is 39.2 Å². The molecule has 11 nitrogen and oxygen atoms in total. The number of anilines is 1. The number of hydrogen-bond donors (Lipinski definition) is 2. The van der Waals surface area contributed by atoms with Gasteiger partial charge >= 0.3 is 0 Å². The molecule has 0 aliphatic rings. The number of aromatic nitrogens is 7. The van der Waals surface area contributed by atoms with Crippen molar-refractivity contribution in [3.8, 4) is 17.5 Å². The van der Waals surface area contributed by atoms with Crippen LogP contribution in [0.15, 0.2) is 77.9 Å². The lowest BCUT2D eigenvalue weighted by Crippen LogP contribution is -2.34. The number of hydrogen-bond acceptors (Lipinski definition) is 7. The standard InChI is InChI=1S/C30H25N9O2/c1-18(34-29(40)26-27(31)36-24-13-8-16-32-39(24)26)28-35-23-12-7-9-20(14-15-21-17-33-37(3)19(21)2)25(23)30(41)38(28)22-10-5-4-6-11-22/h4-13,16-18H,31H2,1-3H3,(H,34,40)/t18-/m0/s1. The van der Waals surface area contributed by atoms with E-state index in [1.54, 1.807) is 54.3 Å². The Kier molecular flexibility index (Phi) is 6.28. The number of carbonyl (C=O) groups excluding carboxylic acids is 1. The molecule has 0 saturated carbocycles. The first kappa shape index (κ1) is 25.5. The molecule has 1 amide bonds. The lowest BCUT2D eigenvalue weighted by molar-refractivity contribution is 0.0931. The number of nitrogens with zero attached hydrogens (tertiary/aromatic N) is 7. The monoisotopic (exact) mass is 543 g/mol. The van der Waals surface area contributed by atoms with Gasteiger partial charge in [-0.05, 0) is 50.2 Å². The second-order valence-electron chi connectivity index (χ2n) is 9.50. The number of rotatable bonds is 4. The average Bonchev–Trinajstić information content (AvgIpc) is 3.49. The quantitative estimate of drug-likeness (QED) is 0.326. The summed E-state index contributed by atoms with van der Waals surface area (Å²) in [6, 6.07) is 17.2. The van der Waals surface area contributed by atoms with Gasteiger partial charge in [-0.15, -0.1) is 0 Å². The molecule has 3 N–H and O–H groups in total. The number of aryl methyl sites for hydroxylation is 1. The molecule has 0 radical (unpaired) electrons. The van der Waals surface area contributed by atoms with E-state index in [1.165, 1.54) is 9.08 Å². The Labute approximate surface area is 234 Å². The second-order valence-corrected chi connectivity index (χ2v) is 9.50. The molecule has 0 saturated heterocycles. The third-order valence-corrected chi connectivity index (χ3v) is 6.87. The maximum atomic E-state index is 14.2. The van der Waals surface area contributed by atoms with Crippen LogP contribution < -0.4 is 16.6 Å². The molecule has 2 aromatic carbocycles. The Hall–Kier alpha value is -5.76. The van der Waals surface area contributed by atoms with E-state index in [0.29, 0.717) is 33.6 Å². The van der Waals surface area contributed by atoms with Crippen LogP contribution in [0.3, 0.4) is 0 Å². The summed E-state index contributed by atoms with van der Waals surface area (Å²) in [5.74, 6) is 6.17. The Morgan fingerprint density at radius 3 is 2.51 bits per heavy atom. The van der Waals surface area contributed by atoms with Crippen molar-refractivity contribution in [3.05, 3.63) is 112 Å². The lowest BCUT2D eigenvalue weighted by atomic mass is 10.1. The Balaban J connectivity index is 1.48. The number of nitrogens with one attached hydrogen (secondary N) is 1. The summed E-state index contributed by atoms with van der Waals surface area (Å²) < 4.78 is 4.63. The minimum atomic E-state index is -0.693. The fourth-order valence-corrected chi connectivity index (χ4v) is 4.67. The summed E-state index contributed by atoms with van der Waals surface area (Å²) in [5, 5.41) is 11.7. The minimum Gasteiger partial charge on any atom is -0.382 e. The molecular weight excluding hydrogens is 518 g/mol. The summed E-state index contributed by atoms with van der Waals surface area (Å²) in [5.41, 5.74) is 9.61. The topological polar surface area (TPSA) is 138 Å². The largest absolute Gasteiger partial charge is 0.382 e. The van der Waals surface area contributed by atoms with Crippen molar-refractivity contribution >= 4 is 28.3 Å². The molecule has 0 aliphatic heterocycles. The van der Waals surface area contributed by atoms with Crippen LogP contribution in [0.1, 0.15) is 46.1 Å². The van der Waals surface area contributed by atoms with E-state index in [4.69, 9.17) is 10.7 Å². The first-order valence-electron chi connectivity index (χ1n) is 12.9. The molecule has 11 heteroatoms. The van der Waals surface area contributed by atoms with Gasteiger partial charge in [-0.3, -0.25) is 18.8 Å².